The molecule has 1 heterocycles. The summed E-state index contributed by atoms with van der Waals surface area (Å²) in [6, 6.07) is 21.8. The molecule has 0 saturated heterocycles. The number of hydrogen-bond acceptors (Lipinski definition) is 4. The molecule has 0 saturated carbocycles. The number of hydrogen-bond donors (Lipinski definition) is 2. The predicted octanol–water partition coefficient (Wildman–Crippen LogP) is 4.33. The Morgan fingerprint density at radius 1 is 1.00 bits per heavy atom. The summed E-state index contributed by atoms with van der Waals surface area (Å²) in [6.07, 6.45) is 1.74. The van der Waals surface area contributed by atoms with Crippen LogP contribution in [0.3, 0.4) is 0 Å². The van der Waals surface area contributed by atoms with Crippen molar-refractivity contribution in [1.29, 1.82) is 0 Å². The molecule has 2 aromatic carbocycles. The van der Waals surface area contributed by atoms with Gasteiger partial charge in [-0.2, -0.15) is 0 Å². The van der Waals surface area contributed by atoms with Crippen molar-refractivity contribution in [2.45, 2.75) is 32.7 Å². The first-order chi connectivity index (χ1) is 13.7. The van der Waals surface area contributed by atoms with Crippen LogP contribution in [0.15, 0.2) is 66.7 Å². The molecule has 1 unspecified atom stereocenters. The summed E-state index contributed by atoms with van der Waals surface area (Å²) in [7, 11) is 0. The van der Waals surface area contributed by atoms with Crippen molar-refractivity contribution in [3.8, 4) is 11.4 Å². The number of amides is 1. The first-order valence-corrected chi connectivity index (χ1v) is 9.69. The maximum absolute atomic E-state index is 12.7. The third-order valence-corrected chi connectivity index (χ3v) is 4.54. The zero-order valence-corrected chi connectivity index (χ0v) is 16.4. The van der Waals surface area contributed by atoms with E-state index in [0.717, 1.165) is 18.4 Å². The second kappa shape index (κ2) is 9.65. The van der Waals surface area contributed by atoms with E-state index in [1.54, 1.807) is 6.07 Å². The normalized spacial score (nSPS) is 11.6. The van der Waals surface area contributed by atoms with Crippen molar-refractivity contribution in [3.63, 3.8) is 0 Å². The highest BCUT2D eigenvalue weighted by Gasteiger charge is 2.14. The van der Waals surface area contributed by atoms with Gasteiger partial charge in [-0.25, -0.2) is 9.97 Å². The Morgan fingerprint density at radius 2 is 1.68 bits per heavy atom. The number of benzene rings is 2. The van der Waals surface area contributed by atoms with E-state index in [2.05, 4.69) is 46.6 Å². The highest BCUT2D eigenvalue weighted by molar-refractivity contribution is 5.93. The van der Waals surface area contributed by atoms with E-state index >= 15 is 0 Å². The predicted molar refractivity (Wildman–Crippen MR) is 113 cm³/mol. The molecule has 2 N–H and O–H groups in total. The van der Waals surface area contributed by atoms with Crippen LogP contribution in [0, 0.1) is 0 Å². The Bertz CT molecular complexity index is 897. The average Bonchev–Trinajstić information content (AvgIpc) is 2.74. The van der Waals surface area contributed by atoms with Gasteiger partial charge in [-0.15, -0.1) is 0 Å². The molecule has 0 aliphatic carbocycles. The van der Waals surface area contributed by atoms with Gasteiger partial charge in [0.2, 0.25) is 0 Å². The molecule has 144 valence electrons. The van der Waals surface area contributed by atoms with Gasteiger partial charge in [0.05, 0.1) is 0 Å². The van der Waals surface area contributed by atoms with E-state index in [0.29, 0.717) is 23.9 Å². The van der Waals surface area contributed by atoms with Crippen LogP contribution in [0.1, 0.15) is 36.3 Å². The topological polar surface area (TPSA) is 66.9 Å². The first kappa shape index (κ1) is 19.5. The average molecular weight is 374 g/mol. The Kier molecular flexibility index (Phi) is 6.73. The van der Waals surface area contributed by atoms with Gasteiger partial charge in [-0.05, 0) is 25.3 Å². The smallest absolute Gasteiger partial charge is 0.270 e. The largest absolute Gasteiger partial charge is 0.367 e. The van der Waals surface area contributed by atoms with Crippen molar-refractivity contribution in [2.24, 2.45) is 0 Å². The van der Waals surface area contributed by atoms with E-state index < -0.39 is 0 Å². The van der Waals surface area contributed by atoms with Crippen molar-refractivity contribution in [3.05, 3.63) is 78.0 Å². The van der Waals surface area contributed by atoms with E-state index in [-0.39, 0.29) is 11.9 Å². The minimum Gasteiger partial charge on any atom is -0.367 e. The Morgan fingerprint density at radius 3 is 2.36 bits per heavy atom. The standard InChI is InChI=1S/C23H26N4O/c1-3-17(2)25-21-16-20(26-22(27-21)19-12-8-5-9-13-19)23(28)24-15-14-18-10-6-4-7-11-18/h4-13,16-17H,3,14-15H2,1-2H3,(H,24,28)(H,25,26,27). The van der Waals surface area contributed by atoms with E-state index in [9.17, 15) is 4.79 Å². The molecule has 0 bridgehead atoms. The first-order valence-electron chi connectivity index (χ1n) is 9.69. The fraction of sp³-hybridized carbons (Fsp3) is 0.261. The molecule has 1 amide bonds. The van der Waals surface area contributed by atoms with Crippen LogP contribution in [-0.4, -0.2) is 28.5 Å². The van der Waals surface area contributed by atoms with Crippen molar-refractivity contribution >= 4 is 11.7 Å². The minimum atomic E-state index is -0.192. The summed E-state index contributed by atoms with van der Waals surface area (Å²) in [5, 5.41) is 6.31. The Balaban J connectivity index is 1.77. The van der Waals surface area contributed by atoms with Gasteiger partial charge in [-0.1, -0.05) is 67.6 Å². The molecule has 0 aliphatic heterocycles. The maximum Gasteiger partial charge on any atom is 0.270 e. The highest BCUT2D eigenvalue weighted by Crippen LogP contribution is 2.18. The van der Waals surface area contributed by atoms with Crippen molar-refractivity contribution in [1.82, 2.24) is 15.3 Å². The molecule has 5 nitrogen and oxygen atoms in total. The van der Waals surface area contributed by atoms with Crippen molar-refractivity contribution < 1.29 is 4.79 Å². The van der Waals surface area contributed by atoms with Gasteiger partial charge in [0.15, 0.2) is 5.82 Å². The molecular weight excluding hydrogens is 348 g/mol. The summed E-state index contributed by atoms with van der Waals surface area (Å²) in [5.74, 6) is 1.02. The fourth-order valence-corrected chi connectivity index (χ4v) is 2.76. The van der Waals surface area contributed by atoms with E-state index in [1.165, 1.54) is 5.56 Å². The third-order valence-electron chi connectivity index (χ3n) is 4.54. The number of anilines is 1. The lowest BCUT2D eigenvalue weighted by molar-refractivity contribution is 0.0949. The summed E-state index contributed by atoms with van der Waals surface area (Å²) in [4.78, 5) is 21.8. The second-order valence-electron chi connectivity index (χ2n) is 6.77. The van der Waals surface area contributed by atoms with Gasteiger partial charge in [0.25, 0.3) is 5.91 Å². The Labute approximate surface area is 166 Å². The molecule has 0 spiro atoms. The lowest BCUT2D eigenvalue weighted by atomic mass is 10.1. The number of carbonyl (C=O) groups excluding carboxylic acids is 1. The van der Waals surface area contributed by atoms with Crippen LogP contribution in [-0.2, 0) is 6.42 Å². The maximum atomic E-state index is 12.7. The zero-order valence-electron chi connectivity index (χ0n) is 16.4. The van der Waals surface area contributed by atoms with Gasteiger partial charge < -0.3 is 10.6 Å². The summed E-state index contributed by atoms with van der Waals surface area (Å²) < 4.78 is 0. The van der Waals surface area contributed by atoms with Crippen molar-refractivity contribution in [2.75, 3.05) is 11.9 Å². The molecule has 1 atom stereocenters. The Hall–Kier alpha value is -3.21. The van der Waals surface area contributed by atoms with Gasteiger partial charge in [-0.3, -0.25) is 4.79 Å². The summed E-state index contributed by atoms with van der Waals surface area (Å²) in [5.41, 5.74) is 2.44. The number of nitrogens with zero attached hydrogens (tertiary/aromatic N) is 2. The van der Waals surface area contributed by atoms with Gasteiger partial charge in [0, 0.05) is 24.2 Å². The van der Waals surface area contributed by atoms with Gasteiger partial charge in [0.1, 0.15) is 11.5 Å². The lowest BCUT2D eigenvalue weighted by Crippen LogP contribution is -2.27. The van der Waals surface area contributed by atoms with Gasteiger partial charge >= 0.3 is 0 Å². The van der Waals surface area contributed by atoms with Crippen LogP contribution in [0.2, 0.25) is 0 Å². The summed E-state index contributed by atoms with van der Waals surface area (Å²) >= 11 is 0. The minimum absolute atomic E-state index is 0.192. The second-order valence-corrected chi connectivity index (χ2v) is 6.77. The highest BCUT2D eigenvalue weighted by atomic mass is 16.1. The molecule has 0 aliphatic rings. The number of carbonyl (C=O) groups is 1. The molecule has 28 heavy (non-hydrogen) atoms. The van der Waals surface area contributed by atoms with E-state index in [1.807, 2.05) is 48.5 Å². The monoisotopic (exact) mass is 374 g/mol. The summed E-state index contributed by atoms with van der Waals surface area (Å²) in [6.45, 7) is 4.75. The molecule has 0 radical (unpaired) electrons. The molecular formula is C23H26N4O. The van der Waals surface area contributed by atoms with Crippen LogP contribution in [0.25, 0.3) is 11.4 Å². The molecule has 5 heteroatoms. The van der Waals surface area contributed by atoms with Crippen LogP contribution in [0.5, 0.6) is 0 Å². The SMILES string of the molecule is CCC(C)Nc1cc(C(=O)NCCc2ccccc2)nc(-c2ccccc2)n1. The van der Waals surface area contributed by atoms with Crippen LogP contribution >= 0.6 is 0 Å². The molecule has 3 rings (SSSR count). The van der Waals surface area contributed by atoms with Crippen LogP contribution in [0.4, 0.5) is 5.82 Å². The number of aromatic nitrogens is 2. The zero-order chi connectivity index (χ0) is 19.8. The number of nitrogens with one attached hydrogen (secondary N) is 2. The molecule has 3 aromatic rings. The van der Waals surface area contributed by atoms with E-state index in [4.69, 9.17) is 0 Å². The molecule has 0 fully saturated rings. The number of rotatable bonds is 8. The van der Waals surface area contributed by atoms with Crippen LogP contribution < -0.4 is 10.6 Å². The fourth-order valence-electron chi connectivity index (χ4n) is 2.76. The lowest BCUT2D eigenvalue weighted by Gasteiger charge is -2.14. The molecule has 1 aromatic heterocycles. The quantitative estimate of drug-likeness (QED) is 0.616. The third kappa shape index (κ3) is 5.39.